The smallest absolute Gasteiger partial charge is 0.326 e. The summed E-state index contributed by atoms with van der Waals surface area (Å²) < 4.78 is 25.6. The van der Waals surface area contributed by atoms with Crippen LogP contribution in [0.25, 0.3) is 27.6 Å². The lowest BCUT2D eigenvalue weighted by atomic mass is 10.1. The number of hydrogen-bond acceptors (Lipinski definition) is 7. The van der Waals surface area contributed by atoms with Gasteiger partial charge in [0.2, 0.25) is 0 Å². The van der Waals surface area contributed by atoms with E-state index in [4.69, 9.17) is 5.73 Å². The van der Waals surface area contributed by atoms with Gasteiger partial charge >= 0.3 is 6.03 Å². The van der Waals surface area contributed by atoms with Crippen molar-refractivity contribution in [1.29, 1.82) is 5.26 Å². The Balaban J connectivity index is 1.52. The van der Waals surface area contributed by atoms with Crippen LogP contribution in [0.15, 0.2) is 83.2 Å². The first-order valence-corrected chi connectivity index (χ1v) is 12.0. The Kier molecular flexibility index (Phi) is 6.08. The number of primary amides is 1. The minimum Gasteiger partial charge on any atom is -0.360 e. The van der Waals surface area contributed by atoms with E-state index in [1.54, 1.807) is 4.72 Å². The molecule has 10 heteroatoms. The van der Waals surface area contributed by atoms with Gasteiger partial charge in [0.1, 0.15) is 16.6 Å². The lowest BCUT2D eigenvalue weighted by molar-refractivity contribution is 0.253. The Morgan fingerprint density at radius 2 is 1.79 bits per heavy atom. The highest BCUT2D eigenvalue weighted by Gasteiger charge is 2.15. The van der Waals surface area contributed by atoms with Gasteiger partial charge in [-0.2, -0.15) is 5.26 Å². The molecule has 1 heterocycles. The molecule has 33 heavy (non-hydrogen) atoms. The molecule has 0 bridgehead atoms. The number of carbonyl (C=O) groups is 1. The van der Waals surface area contributed by atoms with Crippen LogP contribution in [0.4, 0.5) is 10.5 Å². The summed E-state index contributed by atoms with van der Waals surface area (Å²) in [4.78, 5) is 15.3. The molecule has 0 aliphatic heterocycles. The first kappa shape index (κ1) is 22.0. The Labute approximate surface area is 194 Å². The van der Waals surface area contributed by atoms with Gasteiger partial charge in [0, 0.05) is 22.8 Å². The molecule has 4 N–H and O–H groups in total. The number of thiazole rings is 1. The molecule has 0 atom stereocenters. The molecule has 4 rings (SSSR count). The maximum Gasteiger partial charge on any atom is 0.326 e. The van der Waals surface area contributed by atoms with Crippen molar-refractivity contribution in [3.8, 4) is 17.3 Å². The molecule has 0 spiro atoms. The number of aromatic nitrogens is 1. The zero-order valence-corrected chi connectivity index (χ0v) is 18.7. The van der Waals surface area contributed by atoms with E-state index < -0.39 is 16.1 Å². The molecule has 4 aromatic rings. The van der Waals surface area contributed by atoms with Gasteiger partial charge in [0.05, 0.1) is 10.6 Å². The van der Waals surface area contributed by atoms with Gasteiger partial charge in [-0.1, -0.05) is 36.4 Å². The van der Waals surface area contributed by atoms with Crippen LogP contribution in [-0.2, 0) is 10.0 Å². The fraction of sp³-hybridized carbons (Fsp3) is 0. The zero-order chi connectivity index (χ0) is 23.4. The number of allylic oxidation sites excluding steroid dienone is 1. The SMILES string of the molecule is N#C/C(=C\Nc1ccc(S(=O)(=O)NC(N)=O)cc1)c1nc(-c2ccc3ccccc3c2)cs1. The highest BCUT2D eigenvalue weighted by Crippen LogP contribution is 2.28. The summed E-state index contributed by atoms with van der Waals surface area (Å²) in [6.07, 6.45) is 1.51. The summed E-state index contributed by atoms with van der Waals surface area (Å²) in [6.45, 7) is 0. The van der Waals surface area contributed by atoms with E-state index in [1.807, 2.05) is 41.8 Å². The second-order valence-corrected chi connectivity index (χ2v) is 9.45. The van der Waals surface area contributed by atoms with E-state index in [9.17, 15) is 18.5 Å². The monoisotopic (exact) mass is 475 g/mol. The molecule has 0 unspecified atom stereocenters. The molecule has 0 saturated carbocycles. The molecule has 8 nitrogen and oxygen atoms in total. The first-order valence-electron chi connectivity index (χ1n) is 9.60. The molecular formula is C23H17N5O3S2. The van der Waals surface area contributed by atoms with Crippen LogP contribution in [0.2, 0.25) is 0 Å². The molecule has 1 aromatic heterocycles. The van der Waals surface area contributed by atoms with Crippen molar-refractivity contribution in [1.82, 2.24) is 9.71 Å². The molecule has 2 amide bonds. The zero-order valence-electron chi connectivity index (χ0n) is 17.0. The van der Waals surface area contributed by atoms with Crippen molar-refractivity contribution in [3.05, 3.63) is 83.3 Å². The summed E-state index contributed by atoms with van der Waals surface area (Å²) in [6, 6.07) is 20.8. The second-order valence-electron chi connectivity index (χ2n) is 6.91. The van der Waals surface area contributed by atoms with Gasteiger partial charge in [-0.05, 0) is 41.1 Å². The van der Waals surface area contributed by atoms with Crippen molar-refractivity contribution in [2.45, 2.75) is 4.90 Å². The standard InChI is InChI=1S/C23H17N5O3S2/c24-12-18(13-26-19-7-9-20(10-8-19)33(30,31)28-23(25)29)22-27-21(14-32-22)17-6-5-15-3-1-2-4-16(15)11-17/h1-11,13-14,26H,(H3,25,28,29)/b18-13+. The van der Waals surface area contributed by atoms with Crippen LogP contribution in [-0.4, -0.2) is 19.4 Å². The number of benzene rings is 3. The average Bonchev–Trinajstić information content (AvgIpc) is 3.29. The number of nitrogens with one attached hydrogen (secondary N) is 2. The normalized spacial score (nSPS) is 11.7. The van der Waals surface area contributed by atoms with Gasteiger partial charge in [0.25, 0.3) is 10.0 Å². The third kappa shape index (κ3) is 5.01. The van der Waals surface area contributed by atoms with Gasteiger partial charge in [-0.25, -0.2) is 22.9 Å². The number of carbonyl (C=O) groups excluding carboxylic acids is 1. The first-order chi connectivity index (χ1) is 15.9. The molecule has 0 fully saturated rings. The van der Waals surface area contributed by atoms with Crippen LogP contribution in [0, 0.1) is 11.3 Å². The molecular weight excluding hydrogens is 458 g/mol. The van der Waals surface area contributed by atoms with Gasteiger partial charge in [-0.15, -0.1) is 11.3 Å². The largest absolute Gasteiger partial charge is 0.360 e. The topological polar surface area (TPSA) is 138 Å². The minimum atomic E-state index is -4.02. The average molecular weight is 476 g/mol. The van der Waals surface area contributed by atoms with Gasteiger partial charge in [0.15, 0.2) is 0 Å². The summed E-state index contributed by atoms with van der Waals surface area (Å²) >= 11 is 1.36. The molecule has 3 aromatic carbocycles. The third-order valence-corrected chi connectivity index (χ3v) is 6.92. The van der Waals surface area contributed by atoms with E-state index in [1.165, 1.54) is 41.8 Å². The maximum absolute atomic E-state index is 11.9. The number of sulfonamides is 1. The quantitative estimate of drug-likeness (QED) is 0.356. The Morgan fingerprint density at radius 1 is 1.06 bits per heavy atom. The van der Waals surface area contributed by atoms with E-state index in [0.29, 0.717) is 16.3 Å². The Hall–Kier alpha value is -4.20. The van der Waals surface area contributed by atoms with Crippen LogP contribution < -0.4 is 15.8 Å². The highest BCUT2D eigenvalue weighted by molar-refractivity contribution is 7.90. The van der Waals surface area contributed by atoms with Crippen LogP contribution in [0.3, 0.4) is 0 Å². The predicted octanol–water partition coefficient (Wildman–Crippen LogP) is 4.30. The summed E-state index contributed by atoms with van der Waals surface area (Å²) in [7, 11) is -4.02. The van der Waals surface area contributed by atoms with Crippen molar-refractivity contribution < 1.29 is 13.2 Å². The van der Waals surface area contributed by atoms with Crippen molar-refractivity contribution in [2.75, 3.05) is 5.32 Å². The number of nitrogens with two attached hydrogens (primary N) is 1. The fourth-order valence-electron chi connectivity index (χ4n) is 3.10. The number of fused-ring (bicyclic) bond motifs is 1. The van der Waals surface area contributed by atoms with Crippen LogP contribution in [0.5, 0.6) is 0 Å². The number of hydrogen-bond donors (Lipinski definition) is 3. The fourth-order valence-corrected chi connectivity index (χ4v) is 4.77. The van der Waals surface area contributed by atoms with Crippen molar-refractivity contribution in [3.63, 3.8) is 0 Å². The molecule has 0 saturated heterocycles. The van der Waals surface area contributed by atoms with Gasteiger partial charge in [-0.3, -0.25) is 0 Å². The lowest BCUT2D eigenvalue weighted by Crippen LogP contribution is -2.34. The minimum absolute atomic E-state index is 0.115. The van der Waals surface area contributed by atoms with E-state index in [0.717, 1.165) is 22.0 Å². The van der Waals surface area contributed by atoms with Crippen LogP contribution in [0.1, 0.15) is 5.01 Å². The number of nitriles is 1. The number of nitrogens with zero attached hydrogens (tertiary/aromatic N) is 2. The summed E-state index contributed by atoms with van der Waals surface area (Å²) in [5.41, 5.74) is 7.49. The second kappa shape index (κ2) is 9.12. The lowest BCUT2D eigenvalue weighted by Gasteiger charge is -2.06. The van der Waals surface area contributed by atoms with Crippen molar-refractivity contribution in [2.24, 2.45) is 5.73 Å². The van der Waals surface area contributed by atoms with E-state index in [2.05, 4.69) is 22.4 Å². The van der Waals surface area contributed by atoms with E-state index >= 15 is 0 Å². The third-order valence-electron chi connectivity index (χ3n) is 4.68. The molecule has 0 aliphatic rings. The van der Waals surface area contributed by atoms with Crippen molar-refractivity contribution >= 4 is 49.4 Å². The predicted molar refractivity (Wildman–Crippen MR) is 129 cm³/mol. The number of amides is 2. The number of anilines is 1. The Morgan fingerprint density at radius 3 is 2.48 bits per heavy atom. The molecule has 164 valence electrons. The molecule has 0 radical (unpaired) electrons. The number of rotatable bonds is 6. The molecule has 0 aliphatic carbocycles. The van der Waals surface area contributed by atoms with Gasteiger partial charge < -0.3 is 11.1 Å². The van der Waals surface area contributed by atoms with E-state index in [-0.39, 0.29) is 4.90 Å². The highest BCUT2D eigenvalue weighted by atomic mass is 32.2. The van der Waals surface area contributed by atoms with Crippen LogP contribution >= 0.6 is 11.3 Å². The maximum atomic E-state index is 11.9. The summed E-state index contributed by atoms with van der Waals surface area (Å²) in [5, 5.41) is 17.3. The summed E-state index contributed by atoms with van der Waals surface area (Å²) in [5.74, 6) is 0. The Bertz CT molecular complexity index is 1520. The number of urea groups is 1.